The van der Waals surface area contributed by atoms with Crippen LogP contribution in [0.4, 0.5) is 0 Å². The molecule has 0 heterocycles. The highest BCUT2D eigenvalue weighted by atomic mass is 35.5. The van der Waals surface area contributed by atoms with Crippen molar-refractivity contribution in [1.82, 2.24) is 0 Å². The van der Waals surface area contributed by atoms with Gasteiger partial charge in [0.15, 0.2) is 0 Å². The highest BCUT2D eigenvalue weighted by Gasteiger charge is 2.36. The molecule has 0 aliphatic heterocycles. The summed E-state index contributed by atoms with van der Waals surface area (Å²) in [7, 11) is 0. The maximum Gasteiger partial charge on any atom is 0.0595 e. The summed E-state index contributed by atoms with van der Waals surface area (Å²) in [6.07, 6.45) is 3.31. The van der Waals surface area contributed by atoms with Crippen LogP contribution < -0.4 is 5.73 Å². The van der Waals surface area contributed by atoms with Crippen LogP contribution in [0.1, 0.15) is 31.2 Å². The number of hydrogen-bond acceptors (Lipinski definition) is 2. The molecule has 0 bridgehead atoms. The van der Waals surface area contributed by atoms with Crippen LogP contribution in [-0.4, -0.2) is 17.8 Å². The van der Waals surface area contributed by atoms with Crippen LogP contribution in [0, 0.1) is 0 Å². The van der Waals surface area contributed by atoms with Crippen LogP contribution in [0.15, 0.2) is 18.2 Å². The third kappa shape index (κ3) is 2.60. The number of aliphatic hydroxyl groups is 1. The van der Waals surface area contributed by atoms with Gasteiger partial charge in [0.1, 0.15) is 0 Å². The predicted molar refractivity (Wildman–Crippen MR) is 71.7 cm³/mol. The van der Waals surface area contributed by atoms with E-state index in [1.165, 1.54) is 0 Å². The lowest BCUT2D eigenvalue weighted by Gasteiger charge is -2.39. The number of benzene rings is 1. The Morgan fingerprint density at radius 2 is 2.12 bits per heavy atom. The molecule has 4 heteroatoms. The maximum absolute atomic E-state index is 9.85. The van der Waals surface area contributed by atoms with E-state index in [0.29, 0.717) is 23.0 Å². The van der Waals surface area contributed by atoms with Crippen molar-refractivity contribution in [3.63, 3.8) is 0 Å². The number of aliphatic hydroxyl groups excluding tert-OH is 1. The van der Waals surface area contributed by atoms with Crippen molar-refractivity contribution in [3.05, 3.63) is 33.8 Å². The highest BCUT2D eigenvalue weighted by Crippen LogP contribution is 2.40. The van der Waals surface area contributed by atoms with Crippen LogP contribution in [-0.2, 0) is 5.41 Å². The van der Waals surface area contributed by atoms with Gasteiger partial charge in [0.05, 0.1) is 16.1 Å². The zero-order valence-corrected chi connectivity index (χ0v) is 11.1. The Hall–Kier alpha value is -0.280. The normalized spacial score (nSPS) is 29.3. The van der Waals surface area contributed by atoms with E-state index in [1.807, 2.05) is 12.1 Å². The van der Waals surface area contributed by atoms with Crippen molar-refractivity contribution in [2.75, 3.05) is 6.54 Å². The first-order chi connectivity index (χ1) is 8.07. The van der Waals surface area contributed by atoms with Gasteiger partial charge in [-0.15, -0.1) is 0 Å². The molecule has 0 unspecified atom stereocenters. The van der Waals surface area contributed by atoms with E-state index >= 15 is 0 Å². The largest absolute Gasteiger partial charge is 0.393 e. The number of nitrogens with two attached hydrogens (primary N) is 1. The molecule has 17 heavy (non-hydrogen) atoms. The Morgan fingerprint density at radius 3 is 2.71 bits per heavy atom. The fourth-order valence-electron chi connectivity index (χ4n) is 2.72. The molecule has 0 spiro atoms. The summed E-state index contributed by atoms with van der Waals surface area (Å²) in [5, 5.41) is 11.0. The first-order valence-corrected chi connectivity index (χ1v) is 6.67. The molecule has 3 N–H and O–H groups in total. The first-order valence-electron chi connectivity index (χ1n) is 5.91. The Morgan fingerprint density at radius 1 is 1.35 bits per heavy atom. The van der Waals surface area contributed by atoms with E-state index in [4.69, 9.17) is 28.9 Å². The van der Waals surface area contributed by atoms with Gasteiger partial charge in [0, 0.05) is 12.0 Å². The van der Waals surface area contributed by atoms with Crippen molar-refractivity contribution in [1.29, 1.82) is 0 Å². The lowest BCUT2D eigenvalue weighted by atomic mass is 9.68. The first kappa shape index (κ1) is 13.2. The smallest absolute Gasteiger partial charge is 0.0595 e. The molecular formula is C13H17Cl2NO. The third-order valence-electron chi connectivity index (χ3n) is 3.74. The van der Waals surface area contributed by atoms with E-state index in [0.717, 1.165) is 24.8 Å². The minimum Gasteiger partial charge on any atom is -0.393 e. The molecule has 2 nitrogen and oxygen atoms in total. The van der Waals surface area contributed by atoms with Crippen LogP contribution in [0.25, 0.3) is 0 Å². The molecule has 1 aromatic rings. The quantitative estimate of drug-likeness (QED) is 0.870. The van der Waals surface area contributed by atoms with Crippen LogP contribution in [0.3, 0.4) is 0 Å². The fourth-order valence-corrected chi connectivity index (χ4v) is 3.02. The summed E-state index contributed by atoms with van der Waals surface area (Å²) in [5.74, 6) is 0. The van der Waals surface area contributed by atoms with E-state index in [-0.39, 0.29) is 11.5 Å². The summed E-state index contributed by atoms with van der Waals surface area (Å²) in [5.41, 5.74) is 6.88. The summed E-state index contributed by atoms with van der Waals surface area (Å²) in [6, 6.07) is 5.66. The SMILES string of the molecule is NC[C@]1(c2ccc(Cl)c(Cl)c2)CCC[C@@H](O)C1. The predicted octanol–water partition coefficient (Wildman–Crippen LogP) is 3.12. The molecule has 2 rings (SSSR count). The van der Waals surface area contributed by atoms with Gasteiger partial charge >= 0.3 is 0 Å². The van der Waals surface area contributed by atoms with Gasteiger partial charge < -0.3 is 10.8 Å². The Balaban J connectivity index is 2.36. The summed E-state index contributed by atoms with van der Waals surface area (Å²) < 4.78 is 0. The molecular weight excluding hydrogens is 257 g/mol. The van der Waals surface area contributed by atoms with Gasteiger partial charge in [-0.1, -0.05) is 29.3 Å². The molecule has 1 aromatic carbocycles. The van der Waals surface area contributed by atoms with Gasteiger partial charge in [-0.2, -0.15) is 0 Å². The van der Waals surface area contributed by atoms with Crippen LogP contribution in [0.2, 0.25) is 10.0 Å². The number of hydrogen-bond donors (Lipinski definition) is 2. The van der Waals surface area contributed by atoms with Crippen molar-refractivity contribution < 1.29 is 5.11 Å². The van der Waals surface area contributed by atoms with Crippen LogP contribution >= 0.6 is 23.2 Å². The molecule has 1 fully saturated rings. The zero-order valence-electron chi connectivity index (χ0n) is 9.63. The minimum absolute atomic E-state index is 0.147. The van der Waals surface area contributed by atoms with Crippen LogP contribution in [0.5, 0.6) is 0 Å². The van der Waals surface area contributed by atoms with Crippen molar-refractivity contribution in [2.45, 2.75) is 37.2 Å². The topological polar surface area (TPSA) is 46.2 Å². The second-order valence-electron chi connectivity index (χ2n) is 4.86. The third-order valence-corrected chi connectivity index (χ3v) is 4.48. The average Bonchev–Trinajstić information content (AvgIpc) is 2.32. The van der Waals surface area contributed by atoms with E-state index in [9.17, 15) is 5.11 Å². The Kier molecular flexibility index (Phi) is 3.99. The zero-order chi connectivity index (χ0) is 12.5. The highest BCUT2D eigenvalue weighted by molar-refractivity contribution is 6.42. The van der Waals surface area contributed by atoms with Gasteiger partial charge in [-0.25, -0.2) is 0 Å². The average molecular weight is 274 g/mol. The van der Waals surface area contributed by atoms with Gasteiger partial charge in [0.25, 0.3) is 0 Å². The van der Waals surface area contributed by atoms with Gasteiger partial charge in [0.2, 0.25) is 0 Å². The van der Waals surface area contributed by atoms with E-state index < -0.39 is 0 Å². The van der Waals surface area contributed by atoms with E-state index in [2.05, 4.69) is 0 Å². The molecule has 2 atom stereocenters. The number of halogens is 2. The molecule has 1 saturated carbocycles. The lowest BCUT2D eigenvalue weighted by Crippen LogP contribution is -2.41. The van der Waals surface area contributed by atoms with E-state index in [1.54, 1.807) is 6.07 Å². The molecule has 1 aliphatic carbocycles. The van der Waals surface area contributed by atoms with Gasteiger partial charge in [-0.05, 0) is 43.4 Å². The molecule has 0 radical (unpaired) electrons. The Bertz CT molecular complexity index is 410. The fraction of sp³-hybridized carbons (Fsp3) is 0.538. The second-order valence-corrected chi connectivity index (χ2v) is 5.68. The number of rotatable bonds is 2. The minimum atomic E-state index is -0.262. The molecule has 0 aromatic heterocycles. The molecule has 94 valence electrons. The van der Waals surface area contributed by atoms with Crippen molar-refractivity contribution >= 4 is 23.2 Å². The summed E-state index contributed by atoms with van der Waals surface area (Å²) in [6.45, 7) is 0.530. The molecule has 1 aliphatic rings. The maximum atomic E-state index is 9.85. The lowest BCUT2D eigenvalue weighted by molar-refractivity contribution is 0.0871. The standard InChI is InChI=1S/C13H17Cl2NO/c14-11-4-3-9(6-12(11)15)13(8-16)5-1-2-10(17)7-13/h3-4,6,10,17H,1-2,5,7-8,16H2/t10-,13+/m1/s1. The summed E-state index contributed by atoms with van der Waals surface area (Å²) >= 11 is 12.0. The van der Waals surface area contributed by atoms with Crippen molar-refractivity contribution in [3.8, 4) is 0 Å². The van der Waals surface area contributed by atoms with Crippen molar-refractivity contribution in [2.24, 2.45) is 5.73 Å². The Labute approximate surface area is 112 Å². The second kappa shape index (κ2) is 5.15. The monoisotopic (exact) mass is 273 g/mol. The van der Waals surface area contributed by atoms with Gasteiger partial charge in [-0.3, -0.25) is 0 Å². The molecule has 0 amide bonds. The summed E-state index contributed by atoms with van der Waals surface area (Å²) in [4.78, 5) is 0. The molecule has 0 saturated heterocycles.